The minimum absolute atomic E-state index is 0.0943. The summed E-state index contributed by atoms with van der Waals surface area (Å²) in [6.07, 6.45) is 5.42. The summed E-state index contributed by atoms with van der Waals surface area (Å²) in [6.45, 7) is 12.6. The molecule has 0 aromatic carbocycles. The van der Waals surface area contributed by atoms with E-state index >= 15 is 0 Å². The van der Waals surface area contributed by atoms with Crippen LogP contribution in [-0.4, -0.2) is 70.0 Å². The van der Waals surface area contributed by atoms with Crippen LogP contribution in [0.4, 0.5) is 5.69 Å². The zero-order valence-corrected chi connectivity index (χ0v) is 19.3. The summed E-state index contributed by atoms with van der Waals surface area (Å²) in [5.74, 6) is 0.269. The summed E-state index contributed by atoms with van der Waals surface area (Å²) in [5, 5.41) is 9.10. The second kappa shape index (κ2) is 9.29. The van der Waals surface area contributed by atoms with Crippen molar-refractivity contribution in [2.45, 2.75) is 32.2 Å². The predicted octanol–water partition coefficient (Wildman–Crippen LogP) is 2.03. The van der Waals surface area contributed by atoms with Gasteiger partial charge in [-0.1, -0.05) is 27.0 Å². The number of nitrogens with zero attached hydrogens (tertiary/aromatic N) is 6. The minimum Gasteiger partial charge on any atom is -0.479 e. The van der Waals surface area contributed by atoms with Crippen LogP contribution < -0.4 is 11.0 Å². The fourth-order valence-electron chi connectivity index (χ4n) is 3.80. The number of likely N-dealkylation sites (tertiary alicyclic amines) is 1. The number of fused-ring (bicyclic) bond motifs is 1. The first-order valence-electron chi connectivity index (χ1n) is 10.5. The molecular weight excluding hydrogens is 410 g/mol. The molecule has 172 valence electrons. The number of carbonyl (C=O) groups is 1. The topological polar surface area (TPSA) is 96.5 Å². The number of amides is 1. The van der Waals surface area contributed by atoms with Crippen molar-refractivity contribution in [1.29, 1.82) is 0 Å². The molecule has 0 bridgehead atoms. The quantitative estimate of drug-likeness (QED) is 0.306. The van der Waals surface area contributed by atoms with Crippen LogP contribution in [0.3, 0.4) is 0 Å². The van der Waals surface area contributed by atoms with Gasteiger partial charge in [-0.2, -0.15) is 0 Å². The number of hydrogen-bond donors (Lipinski definition) is 1. The van der Waals surface area contributed by atoms with Crippen molar-refractivity contribution >= 4 is 23.1 Å². The van der Waals surface area contributed by atoms with E-state index in [0.717, 1.165) is 5.69 Å². The first kappa shape index (κ1) is 23.1. The molecule has 1 aliphatic heterocycles. The van der Waals surface area contributed by atoms with E-state index in [1.807, 2.05) is 13.8 Å². The molecule has 1 N–H and O–H groups in total. The summed E-state index contributed by atoms with van der Waals surface area (Å²) in [4.78, 5) is 31.7. The molecule has 3 rings (SSSR count). The highest BCUT2D eigenvalue weighted by Crippen LogP contribution is 2.26. The van der Waals surface area contributed by atoms with E-state index in [1.165, 1.54) is 13.2 Å². The number of ether oxygens (including phenoxy) is 1. The molecule has 2 aromatic rings. The number of hydrazone groups is 1. The lowest BCUT2D eigenvalue weighted by molar-refractivity contribution is -0.125. The first-order valence-corrected chi connectivity index (χ1v) is 10.5. The molecule has 1 aliphatic rings. The fraction of sp³-hybridized carbons (Fsp3) is 0.455. The molecule has 0 spiro atoms. The minimum atomic E-state index is -0.191. The molecule has 2 aromatic heterocycles. The maximum atomic E-state index is 13.5. The summed E-state index contributed by atoms with van der Waals surface area (Å²) in [6, 6.07) is -0.163. The van der Waals surface area contributed by atoms with Crippen molar-refractivity contribution in [3.63, 3.8) is 0 Å². The lowest BCUT2D eigenvalue weighted by atomic mass is 10.1. The Kier molecular flexibility index (Phi) is 6.71. The zero-order valence-electron chi connectivity index (χ0n) is 19.3. The van der Waals surface area contributed by atoms with E-state index in [4.69, 9.17) is 4.74 Å². The van der Waals surface area contributed by atoms with Gasteiger partial charge in [0.05, 0.1) is 30.2 Å². The van der Waals surface area contributed by atoms with Crippen LogP contribution in [0.1, 0.15) is 37.9 Å². The Hall–Kier alpha value is -3.56. The maximum Gasteiger partial charge on any atom is 0.334 e. The van der Waals surface area contributed by atoms with Gasteiger partial charge in [-0.3, -0.25) is 14.4 Å². The molecule has 10 heteroatoms. The summed E-state index contributed by atoms with van der Waals surface area (Å²) in [5.41, 5.74) is 2.13. The molecule has 3 heterocycles. The molecule has 1 unspecified atom stereocenters. The molecule has 1 atom stereocenters. The molecule has 0 saturated carbocycles. The number of rotatable bonds is 7. The summed E-state index contributed by atoms with van der Waals surface area (Å²) in [7, 11) is 5.08. The van der Waals surface area contributed by atoms with Crippen LogP contribution in [0.25, 0.3) is 5.65 Å². The van der Waals surface area contributed by atoms with E-state index in [0.29, 0.717) is 42.4 Å². The Morgan fingerprint density at radius 1 is 1.44 bits per heavy atom. The molecule has 1 fully saturated rings. The Morgan fingerprint density at radius 3 is 2.75 bits per heavy atom. The van der Waals surface area contributed by atoms with Gasteiger partial charge in [0.25, 0.3) is 5.90 Å². The van der Waals surface area contributed by atoms with Crippen molar-refractivity contribution in [3.05, 3.63) is 53.5 Å². The first-order chi connectivity index (χ1) is 15.2. The average molecular weight is 442 g/mol. The molecule has 1 amide bonds. The number of hydrogen-bond acceptors (Lipinski definition) is 7. The lowest BCUT2D eigenvalue weighted by Crippen LogP contribution is -2.34. The summed E-state index contributed by atoms with van der Waals surface area (Å²) < 4.78 is 8.64. The van der Waals surface area contributed by atoms with Gasteiger partial charge >= 0.3 is 5.69 Å². The van der Waals surface area contributed by atoms with Gasteiger partial charge in [0, 0.05) is 39.6 Å². The largest absolute Gasteiger partial charge is 0.479 e. The van der Waals surface area contributed by atoms with E-state index in [2.05, 4.69) is 28.6 Å². The monoisotopic (exact) mass is 441 g/mol. The number of imidazole rings is 1. The lowest BCUT2D eigenvalue weighted by Gasteiger charge is -2.20. The zero-order chi connectivity index (χ0) is 23.6. The van der Waals surface area contributed by atoms with Crippen LogP contribution >= 0.6 is 0 Å². The molecular formula is C22H31N7O3. The van der Waals surface area contributed by atoms with Gasteiger partial charge < -0.3 is 15.0 Å². The number of aromatic nitrogens is 3. The van der Waals surface area contributed by atoms with Crippen molar-refractivity contribution in [2.75, 3.05) is 39.6 Å². The van der Waals surface area contributed by atoms with Crippen LogP contribution in [-0.2, 0) is 9.53 Å². The molecule has 32 heavy (non-hydrogen) atoms. The Labute approximate surface area is 187 Å². The van der Waals surface area contributed by atoms with E-state index < -0.39 is 0 Å². The van der Waals surface area contributed by atoms with Crippen molar-refractivity contribution < 1.29 is 9.53 Å². The normalized spacial score (nSPS) is 16.5. The highest BCUT2D eigenvalue weighted by atomic mass is 16.5. The molecule has 0 radical (unpaired) electrons. The summed E-state index contributed by atoms with van der Waals surface area (Å²) >= 11 is 0. The number of methoxy groups -OCH3 is 1. The van der Waals surface area contributed by atoms with Gasteiger partial charge in [0.1, 0.15) is 0 Å². The van der Waals surface area contributed by atoms with Gasteiger partial charge in [0.2, 0.25) is 5.91 Å². The Balaban J connectivity index is 2.10. The highest BCUT2D eigenvalue weighted by Gasteiger charge is 2.28. The Bertz CT molecular complexity index is 1130. The molecule has 0 aliphatic carbocycles. The molecule has 1 saturated heterocycles. The number of nitrogens with one attached hydrogen (secondary N) is 1. The number of carbonyl (C=O) groups excluding carboxylic acids is 1. The van der Waals surface area contributed by atoms with Crippen LogP contribution in [0, 0.1) is 0 Å². The van der Waals surface area contributed by atoms with Gasteiger partial charge in [-0.05, 0) is 18.4 Å². The van der Waals surface area contributed by atoms with E-state index in [1.54, 1.807) is 45.4 Å². The fourth-order valence-corrected chi connectivity index (χ4v) is 3.80. The Morgan fingerprint density at radius 2 is 2.16 bits per heavy atom. The standard InChI is InChI=1S/C22H31N7O3/c1-8-19(30)27-10-9-16(12-27)28-13-17(24-15(4)21(32-7)25-26(5)6)20-23-11-18(14(2)3)29(20)22(28)31/h8,11,13-14,16,24H,1,4,9-10,12H2,2-3,5-7H3/b25-21+. The highest BCUT2D eigenvalue weighted by molar-refractivity contribution is 5.96. The second-order valence-corrected chi connectivity index (χ2v) is 8.22. The van der Waals surface area contributed by atoms with Crippen LogP contribution in [0.2, 0.25) is 0 Å². The van der Waals surface area contributed by atoms with E-state index in [-0.39, 0.29) is 23.6 Å². The third kappa shape index (κ3) is 4.39. The van der Waals surface area contributed by atoms with Crippen LogP contribution in [0.5, 0.6) is 0 Å². The SMILES string of the molecule is C=CC(=O)N1CCC(n2cc(NC(=C)/C(=N\N(C)C)OC)c3ncc(C(C)C)n3c2=O)C1. The average Bonchev–Trinajstić information content (AvgIpc) is 3.41. The van der Waals surface area contributed by atoms with Gasteiger partial charge in [-0.25, -0.2) is 14.2 Å². The molecule has 10 nitrogen and oxygen atoms in total. The van der Waals surface area contributed by atoms with E-state index in [9.17, 15) is 9.59 Å². The maximum absolute atomic E-state index is 13.5. The van der Waals surface area contributed by atoms with Gasteiger partial charge in [-0.15, -0.1) is 5.10 Å². The third-order valence-electron chi connectivity index (χ3n) is 5.37. The van der Waals surface area contributed by atoms with Crippen molar-refractivity contribution in [2.24, 2.45) is 5.10 Å². The number of anilines is 1. The van der Waals surface area contributed by atoms with Crippen LogP contribution in [0.15, 0.2) is 47.2 Å². The third-order valence-corrected chi connectivity index (χ3v) is 5.37. The van der Waals surface area contributed by atoms with Gasteiger partial charge in [0.15, 0.2) is 5.65 Å². The predicted molar refractivity (Wildman–Crippen MR) is 125 cm³/mol. The van der Waals surface area contributed by atoms with Crippen molar-refractivity contribution in [3.8, 4) is 0 Å². The van der Waals surface area contributed by atoms with Crippen molar-refractivity contribution in [1.82, 2.24) is 23.9 Å². The smallest absolute Gasteiger partial charge is 0.334 e. The second-order valence-electron chi connectivity index (χ2n) is 8.22.